The number of halogens is 3. The zero-order chi connectivity index (χ0) is 14.7. The van der Waals surface area contributed by atoms with Gasteiger partial charge in [0.1, 0.15) is 11.8 Å². The van der Waals surface area contributed by atoms with E-state index in [1.807, 2.05) is 0 Å². The van der Waals surface area contributed by atoms with Gasteiger partial charge < -0.3 is 14.8 Å². The Hall–Kier alpha value is -2.28. The maximum absolute atomic E-state index is 13.0. The number of hydrogen-bond acceptors (Lipinski definition) is 3. The van der Waals surface area contributed by atoms with Gasteiger partial charge in [-0.15, -0.1) is 0 Å². The van der Waals surface area contributed by atoms with Crippen molar-refractivity contribution in [2.24, 2.45) is 0 Å². The Kier molecular flexibility index (Phi) is 4.09. The third-order valence-electron chi connectivity index (χ3n) is 2.62. The fourth-order valence-electron chi connectivity index (χ4n) is 1.62. The van der Waals surface area contributed by atoms with E-state index in [0.717, 1.165) is 0 Å². The summed E-state index contributed by atoms with van der Waals surface area (Å²) in [6.07, 6.45) is 1.35. The fourth-order valence-corrected chi connectivity index (χ4v) is 1.62. The average Bonchev–Trinajstić information content (AvgIpc) is 2.95. The predicted octanol–water partition coefficient (Wildman–Crippen LogP) is 2.16. The van der Waals surface area contributed by atoms with Crippen molar-refractivity contribution in [1.29, 1.82) is 0 Å². The number of rotatable bonds is 4. The molecular formula is C13H10F3NO3. The van der Waals surface area contributed by atoms with E-state index >= 15 is 0 Å². The van der Waals surface area contributed by atoms with Crippen LogP contribution in [0.1, 0.15) is 22.2 Å². The molecule has 1 atom stereocenters. The summed E-state index contributed by atoms with van der Waals surface area (Å²) < 4.78 is 43.9. The van der Waals surface area contributed by atoms with E-state index in [1.54, 1.807) is 6.07 Å². The van der Waals surface area contributed by atoms with Crippen LogP contribution in [0.15, 0.2) is 34.9 Å². The van der Waals surface area contributed by atoms with Crippen LogP contribution >= 0.6 is 0 Å². The van der Waals surface area contributed by atoms with E-state index < -0.39 is 41.6 Å². The Morgan fingerprint density at radius 3 is 2.45 bits per heavy atom. The molecule has 1 unspecified atom stereocenters. The summed E-state index contributed by atoms with van der Waals surface area (Å²) in [6, 6.07) is 3.36. The Labute approximate surface area is 111 Å². The van der Waals surface area contributed by atoms with Gasteiger partial charge >= 0.3 is 0 Å². The Balaban J connectivity index is 2.19. The maximum Gasteiger partial charge on any atom is 0.252 e. The molecule has 2 aromatic rings. The van der Waals surface area contributed by atoms with Crippen molar-refractivity contribution in [3.05, 3.63) is 59.3 Å². The molecule has 2 rings (SSSR count). The van der Waals surface area contributed by atoms with E-state index in [0.29, 0.717) is 12.1 Å². The number of carbonyl (C=O) groups is 1. The Morgan fingerprint density at radius 2 is 1.95 bits per heavy atom. The van der Waals surface area contributed by atoms with Crippen molar-refractivity contribution < 1.29 is 27.5 Å². The molecule has 1 aromatic heterocycles. The summed E-state index contributed by atoms with van der Waals surface area (Å²) >= 11 is 0. The largest absolute Gasteiger partial charge is 0.467 e. The van der Waals surface area contributed by atoms with Crippen LogP contribution in [0.25, 0.3) is 0 Å². The van der Waals surface area contributed by atoms with Crippen LogP contribution in [0.5, 0.6) is 0 Å². The molecule has 1 heterocycles. The zero-order valence-corrected chi connectivity index (χ0v) is 10.1. The minimum Gasteiger partial charge on any atom is -0.467 e. The number of furan rings is 1. The molecule has 1 amide bonds. The van der Waals surface area contributed by atoms with Crippen LogP contribution < -0.4 is 5.32 Å². The molecule has 0 aliphatic heterocycles. The topological polar surface area (TPSA) is 62.5 Å². The second-order valence-corrected chi connectivity index (χ2v) is 3.98. The van der Waals surface area contributed by atoms with Crippen molar-refractivity contribution in [3.8, 4) is 0 Å². The number of amides is 1. The first-order chi connectivity index (χ1) is 9.52. The van der Waals surface area contributed by atoms with Gasteiger partial charge in [0.25, 0.3) is 5.91 Å². The summed E-state index contributed by atoms with van der Waals surface area (Å²) in [6.45, 7) is -0.467. The highest BCUT2D eigenvalue weighted by atomic mass is 19.2. The van der Waals surface area contributed by atoms with Gasteiger partial charge in [0.2, 0.25) is 0 Å². The van der Waals surface area contributed by atoms with Gasteiger partial charge in [0.15, 0.2) is 17.5 Å². The van der Waals surface area contributed by atoms with Gasteiger partial charge in [0, 0.05) is 5.56 Å². The highest BCUT2D eigenvalue weighted by molar-refractivity contribution is 5.94. The minimum absolute atomic E-state index is 0.281. The SMILES string of the molecule is O=C(NC(CO)c1ccco1)c1cc(F)c(F)c(F)c1. The fraction of sp³-hybridized carbons (Fsp3) is 0.154. The van der Waals surface area contributed by atoms with Crippen LogP contribution in [-0.2, 0) is 0 Å². The molecule has 0 fully saturated rings. The van der Waals surface area contributed by atoms with E-state index in [9.17, 15) is 18.0 Å². The van der Waals surface area contributed by atoms with E-state index in [-0.39, 0.29) is 5.76 Å². The second-order valence-electron chi connectivity index (χ2n) is 3.98. The Bertz CT molecular complexity index is 590. The minimum atomic E-state index is -1.65. The predicted molar refractivity (Wildman–Crippen MR) is 62.3 cm³/mol. The second kappa shape index (κ2) is 5.79. The van der Waals surface area contributed by atoms with Gasteiger partial charge in [-0.25, -0.2) is 13.2 Å². The van der Waals surface area contributed by atoms with E-state index in [1.165, 1.54) is 12.3 Å². The van der Waals surface area contributed by atoms with Crippen LogP contribution in [0.2, 0.25) is 0 Å². The smallest absolute Gasteiger partial charge is 0.252 e. The van der Waals surface area contributed by atoms with Crippen molar-refractivity contribution in [2.45, 2.75) is 6.04 Å². The number of nitrogens with one attached hydrogen (secondary N) is 1. The lowest BCUT2D eigenvalue weighted by Gasteiger charge is -2.14. The lowest BCUT2D eigenvalue weighted by Crippen LogP contribution is -2.30. The van der Waals surface area contributed by atoms with E-state index in [4.69, 9.17) is 9.52 Å². The third-order valence-corrected chi connectivity index (χ3v) is 2.62. The molecule has 0 spiro atoms. The van der Waals surface area contributed by atoms with Gasteiger partial charge in [-0.1, -0.05) is 0 Å². The number of hydrogen-bond donors (Lipinski definition) is 2. The molecule has 1 aromatic carbocycles. The van der Waals surface area contributed by atoms with Gasteiger partial charge in [-0.2, -0.15) is 0 Å². The molecule has 0 saturated heterocycles. The van der Waals surface area contributed by atoms with Crippen molar-refractivity contribution in [1.82, 2.24) is 5.32 Å². The summed E-state index contributed by atoms with van der Waals surface area (Å²) in [4.78, 5) is 11.8. The average molecular weight is 285 g/mol. The summed E-state index contributed by atoms with van der Waals surface area (Å²) in [7, 11) is 0. The number of benzene rings is 1. The van der Waals surface area contributed by atoms with Crippen molar-refractivity contribution in [2.75, 3.05) is 6.61 Å². The number of aliphatic hydroxyl groups is 1. The molecule has 4 nitrogen and oxygen atoms in total. The number of aliphatic hydroxyl groups excluding tert-OH is 1. The first-order valence-corrected chi connectivity index (χ1v) is 5.62. The molecule has 0 aliphatic carbocycles. The molecule has 0 bridgehead atoms. The lowest BCUT2D eigenvalue weighted by molar-refractivity contribution is 0.0906. The maximum atomic E-state index is 13.0. The van der Waals surface area contributed by atoms with Gasteiger partial charge in [-0.05, 0) is 24.3 Å². The molecule has 106 valence electrons. The molecule has 0 radical (unpaired) electrons. The lowest BCUT2D eigenvalue weighted by atomic mass is 10.1. The normalized spacial score (nSPS) is 12.2. The van der Waals surface area contributed by atoms with Crippen molar-refractivity contribution in [3.63, 3.8) is 0 Å². The van der Waals surface area contributed by atoms with Crippen molar-refractivity contribution >= 4 is 5.91 Å². The molecule has 20 heavy (non-hydrogen) atoms. The zero-order valence-electron chi connectivity index (χ0n) is 10.1. The van der Waals surface area contributed by atoms with Crippen LogP contribution in [0.3, 0.4) is 0 Å². The standard InChI is InChI=1S/C13H10F3NO3/c14-8-4-7(5-9(15)12(8)16)13(19)17-10(6-18)11-2-1-3-20-11/h1-5,10,18H,6H2,(H,17,19). The van der Waals surface area contributed by atoms with E-state index in [2.05, 4.69) is 5.32 Å². The van der Waals surface area contributed by atoms with Gasteiger partial charge in [0.05, 0.1) is 12.9 Å². The van der Waals surface area contributed by atoms with Gasteiger partial charge in [-0.3, -0.25) is 4.79 Å². The highest BCUT2D eigenvalue weighted by Crippen LogP contribution is 2.16. The quantitative estimate of drug-likeness (QED) is 0.846. The molecule has 0 saturated carbocycles. The Morgan fingerprint density at radius 1 is 1.30 bits per heavy atom. The van der Waals surface area contributed by atoms with Crippen LogP contribution in [0.4, 0.5) is 13.2 Å². The molecule has 7 heteroatoms. The monoisotopic (exact) mass is 285 g/mol. The van der Waals surface area contributed by atoms with Crippen LogP contribution in [0, 0.1) is 17.5 Å². The highest BCUT2D eigenvalue weighted by Gasteiger charge is 2.20. The third kappa shape index (κ3) is 2.83. The summed E-state index contributed by atoms with van der Waals surface area (Å²) in [5.74, 6) is -5.16. The first-order valence-electron chi connectivity index (χ1n) is 5.62. The summed E-state index contributed by atoms with van der Waals surface area (Å²) in [5, 5.41) is 11.5. The first kappa shape index (κ1) is 14.1. The molecule has 2 N–H and O–H groups in total. The molecule has 0 aliphatic rings. The summed E-state index contributed by atoms with van der Waals surface area (Å²) in [5.41, 5.74) is -0.397. The van der Waals surface area contributed by atoms with Crippen LogP contribution in [-0.4, -0.2) is 17.6 Å². The molecular weight excluding hydrogens is 275 g/mol. The number of carbonyl (C=O) groups excluding carboxylic acids is 1.